The molecule has 0 spiro atoms. The van der Waals surface area contributed by atoms with Crippen molar-refractivity contribution in [3.8, 4) is 6.07 Å². The van der Waals surface area contributed by atoms with Crippen LogP contribution in [0.15, 0.2) is 79.0 Å². The third-order valence-electron chi connectivity index (χ3n) is 5.33. The molecule has 3 aromatic carbocycles. The van der Waals surface area contributed by atoms with Crippen LogP contribution in [0.1, 0.15) is 11.4 Å². The smallest absolute Gasteiger partial charge is 0.244 e. The van der Waals surface area contributed by atoms with E-state index in [-0.39, 0.29) is 18.3 Å². The van der Waals surface area contributed by atoms with E-state index in [0.717, 1.165) is 27.5 Å². The lowest BCUT2D eigenvalue weighted by Gasteiger charge is -2.07. The molecule has 5 rings (SSSR count). The molecule has 0 radical (unpaired) electrons. The van der Waals surface area contributed by atoms with Crippen molar-refractivity contribution in [3.05, 3.63) is 96.2 Å². The van der Waals surface area contributed by atoms with Gasteiger partial charge in [-0.2, -0.15) is 5.26 Å². The lowest BCUT2D eigenvalue weighted by Crippen LogP contribution is -2.18. The van der Waals surface area contributed by atoms with Crippen LogP contribution in [0.3, 0.4) is 0 Å². The Hall–Kier alpha value is -4.70. The third kappa shape index (κ3) is 4.10. The number of amides is 1. The topological polar surface area (TPSA) is 86.5 Å². The minimum Gasteiger partial charge on any atom is -0.337 e. The number of aromatic nitrogens is 3. The van der Waals surface area contributed by atoms with Gasteiger partial charge in [0.15, 0.2) is 0 Å². The number of hydrogen-bond acceptors (Lipinski definition) is 3. The standard InChI is InChI=1S/C26H18FN5O/c27-19-9-11-20(12-10-19)29-25(33)16-32-15-18(21-5-1-4-8-24(21)32)13-17(14-28)26-30-22-6-2-3-7-23(22)31-26/h1-13,15H,16H2,(H,29,33)(H,30,31)/b17-13-. The molecule has 0 aliphatic heterocycles. The second-order valence-corrected chi connectivity index (χ2v) is 7.56. The van der Waals surface area contributed by atoms with Crippen LogP contribution in [0.2, 0.25) is 0 Å². The Morgan fingerprint density at radius 1 is 1.09 bits per heavy atom. The zero-order valence-corrected chi connectivity index (χ0v) is 17.4. The number of halogens is 1. The van der Waals surface area contributed by atoms with Gasteiger partial charge in [-0.3, -0.25) is 4.79 Å². The van der Waals surface area contributed by atoms with Gasteiger partial charge in [-0.05, 0) is 48.5 Å². The van der Waals surface area contributed by atoms with E-state index >= 15 is 0 Å². The molecule has 0 aliphatic rings. The molecule has 160 valence electrons. The summed E-state index contributed by atoms with van der Waals surface area (Å²) in [7, 11) is 0. The molecule has 0 aliphatic carbocycles. The van der Waals surface area contributed by atoms with Crippen LogP contribution in [0.25, 0.3) is 33.6 Å². The summed E-state index contributed by atoms with van der Waals surface area (Å²) in [6, 6.07) is 23.1. The van der Waals surface area contributed by atoms with E-state index in [1.807, 2.05) is 59.3 Å². The van der Waals surface area contributed by atoms with Crippen molar-refractivity contribution in [1.82, 2.24) is 14.5 Å². The Morgan fingerprint density at radius 3 is 2.64 bits per heavy atom. The van der Waals surface area contributed by atoms with E-state index in [1.165, 1.54) is 24.3 Å². The summed E-state index contributed by atoms with van der Waals surface area (Å²) in [5, 5.41) is 13.5. The largest absolute Gasteiger partial charge is 0.337 e. The number of benzene rings is 3. The Kier molecular flexibility index (Phi) is 5.17. The summed E-state index contributed by atoms with van der Waals surface area (Å²) in [4.78, 5) is 20.3. The Labute approximate surface area is 188 Å². The highest BCUT2D eigenvalue weighted by molar-refractivity contribution is 5.99. The van der Waals surface area contributed by atoms with Crippen molar-refractivity contribution < 1.29 is 9.18 Å². The number of nitrogens with one attached hydrogen (secondary N) is 2. The highest BCUT2D eigenvalue weighted by Crippen LogP contribution is 2.26. The highest BCUT2D eigenvalue weighted by atomic mass is 19.1. The van der Waals surface area contributed by atoms with Crippen LogP contribution in [0.5, 0.6) is 0 Å². The molecular formula is C26H18FN5O. The predicted octanol–water partition coefficient (Wildman–Crippen LogP) is 5.36. The van der Waals surface area contributed by atoms with Crippen LogP contribution < -0.4 is 5.32 Å². The van der Waals surface area contributed by atoms with E-state index in [2.05, 4.69) is 21.4 Å². The van der Waals surface area contributed by atoms with Gasteiger partial charge in [0.1, 0.15) is 24.3 Å². The predicted molar refractivity (Wildman–Crippen MR) is 127 cm³/mol. The number of hydrogen-bond donors (Lipinski definition) is 2. The molecular weight excluding hydrogens is 417 g/mol. The van der Waals surface area contributed by atoms with Gasteiger partial charge in [0.25, 0.3) is 0 Å². The summed E-state index contributed by atoms with van der Waals surface area (Å²) in [5.74, 6) is -0.112. The van der Waals surface area contributed by atoms with Gasteiger partial charge in [0, 0.05) is 28.4 Å². The van der Waals surface area contributed by atoms with Gasteiger partial charge in [-0.25, -0.2) is 9.37 Å². The SMILES string of the molecule is N#C/C(=C/c1cn(CC(=O)Nc2ccc(F)cc2)c2ccccc12)c1nc2ccccc2[nH]1. The minimum absolute atomic E-state index is 0.0677. The van der Waals surface area contributed by atoms with Gasteiger partial charge in [0.05, 0.1) is 16.6 Å². The second kappa shape index (κ2) is 8.44. The second-order valence-electron chi connectivity index (χ2n) is 7.56. The molecule has 0 saturated heterocycles. The molecule has 2 aromatic heterocycles. The minimum atomic E-state index is -0.362. The molecule has 2 N–H and O–H groups in total. The van der Waals surface area contributed by atoms with E-state index < -0.39 is 0 Å². The number of rotatable bonds is 5. The molecule has 33 heavy (non-hydrogen) atoms. The van der Waals surface area contributed by atoms with E-state index in [0.29, 0.717) is 17.1 Å². The zero-order chi connectivity index (χ0) is 22.8. The number of carbonyl (C=O) groups is 1. The molecule has 5 aromatic rings. The van der Waals surface area contributed by atoms with E-state index in [9.17, 15) is 14.4 Å². The normalized spacial score (nSPS) is 11.6. The van der Waals surface area contributed by atoms with E-state index in [1.54, 1.807) is 6.08 Å². The van der Waals surface area contributed by atoms with Crippen LogP contribution in [0.4, 0.5) is 10.1 Å². The number of imidazole rings is 1. The summed E-state index contributed by atoms with van der Waals surface area (Å²) in [6.07, 6.45) is 3.61. The van der Waals surface area contributed by atoms with Gasteiger partial charge in [0.2, 0.25) is 5.91 Å². The third-order valence-corrected chi connectivity index (χ3v) is 5.33. The van der Waals surface area contributed by atoms with Gasteiger partial charge in [-0.15, -0.1) is 0 Å². The molecule has 0 unspecified atom stereocenters. The van der Waals surface area contributed by atoms with Crippen molar-refractivity contribution in [2.45, 2.75) is 6.54 Å². The van der Waals surface area contributed by atoms with E-state index in [4.69, 9.17) is 0 Å². The lowest BCUT2D eigenvalue weighted by atomic mass is 10.1. The number of carbonyl (C=O) groups excluding carboxylic acids is 1. The number of para-hydroxylation sites is 3. The Bertz CT molecular complexity index is 1520. The average Bonchev–Trinajstić information content (AvgIpc) is 3.40. The lowest BCUT2D eigenvalue weighted by molar-refractivity contribution is -0.116. The maximum Gasteiger partial charge on any atom is 0.244 e. The van der Waals surface area contributed by atoms with Gasteiger partial charge < -0.3 is 14.9 Å². The van der Waals surface area contributed by atoms with Crippen LogP contribution in [0, 0.1) is 17.1 Å². The first kappa shape index (κ1) is 20.2. The first-order valence-corrected chi connectivity index (χ1v) is 10.3. The van der Waals surface area contributed by atoms with Crippen LogP contribution in [-0.4, -0.2) is 20.4 Å². The highest BCUT2D eigenvalue weighted by Gasteiger charge is 2.13. The molecule has 0 atom stereocenters. The van der Waals surface area contributed by atoms with Crippen molar-refractivity contribution in [2.24, 2.45) is 0 Å². The van der Waals surface area contributed by atoms with Gasteiger partial charge in [-0.1, -0.05) is 30.3 Å². The average molecular weight is 435 g/mol. The number of nitriles is 1. The fourth-order valence-corrected chi connectivity index (χ4v) is 3.80. The van der Waals surface area contributed by atoms with Crippen LogP contribution >= 0.6 is 0 Å². The summed E-state index contributed by atoms with van der Waals surface area (Å²) >= 11 is 0. The Morgan fingerprint density at radius 2 is 1.85 bits per heavy atom. The number of nitrogens with zero attached hydrogens (tertiary/aromatic N) is 3. The number of aromatic amines is 1. The number of allylic oxidation sites excluding steroid dienone is 1. The van der Waals surface area contributed by atoms with Crippen molar-refractivity contribution in [3.63, 3.8) is 0 Å². The zero-order valence-electron chi connectivity index (χ0n) is 17.4. The number of H-pyrrole nitrogens is 1. The summed E-state index contributed by atoms with van der Waals surface area (Å²) < 4.78 is 14.9. The first-order chi connectivity index (χ1) is 16.1. The maximum absolute atomic E-state index is 13.1. The molecule has 2 heterocycles. The quantitative estimate of drug-likeness (QED) is 0.365. The first-order valence-electron chi connectivity index (χ1n) is 10.3. The summed E-state index contributed by atoms with van der Waals surface area (Å²) in [5.41, 5.74) is 4.22. The summed E-state index contributed by atoms with van der Waals surface area (Å²) in [6.45, 7) is 0.0677. The number of fused-ring (bicyclic) bond motifs is 2. The molecule has 0 saturated carbocycles. The number of anilines is 1. The Balaban J connectivity index is 1.48. The molecule has 6 nitrogen and oxygen atoms in total. The van der Waals surface area contributed by atoms with Crippen molar-refractivity contribution in [2.75, 3.05) is 5.32 Å². The maximum atomic E-state index is 13.1. The monoisotopic (exact) mass is 435 g/mol. The van der Waals surface area contributed by atoms with Crippen molar-refractivity contribution >= 4 is 45.2 Å². The van der Waals surface area contributed by atoms with Gasteiger partial charge >= 0.3 is 0 Å². The molecule has 0 fully saturated rings. The fraction of sp³-hybridized carbons (Fsp3) is 0.0385. The van der Waals surface area contributed by atoms with Crippen LogP contribution in [-0.2, 0) is 11.3 Å². The fourth-order valence-electron chi connectivity index (χ4n) is 3.80. The van der Waals surface area contributed by atoms with Crippen molar-refractivity contribution in [1.29, 1.82) is 5.26 Å². The molecule has 7 heteroatoms. The molecule has 0 bridgehead atoms. The molecule has 1 amide bonds.